The summed E-state index contributed by atoms with van der Waals surface area (Å²) in [4.78, 5) is 26.7. The van der Waals surface area contributed by atoms with Crippen LogP contribution in [0.1, 0.15) is 57.5 Å². The molecule has 0 aliphatic rings. The summed E-state index contributed by atoms with van der Waals surface area (Å²) >= 11 is 0.786. The zero-order valence-corrected chi connectivity index (χ0v) is 20.7. The molecule has 0 bridgehead atoms. The molecule has 0 unspecified atom stereocenters. The highest BCUT2D eigenvalue weighted by Gasteiger charge is 2.31. The Balaban J connectivity index is 0.000000297. The van der Waals surface area contributed by atoms with Crippen molar-refractivity contribution in [3.8, 4) is 5.75 Å². The van der Waals surface area contributed by atoms with Crippen molar-refractivity contribution in [3.63, 3.8) is 0 Å². The Labute approximate surface area is 211 Å². The number of nitrogens with one attached hydrogen (secondary N) is 2. The highest BCUT2D eigenvalue weighted by molar-refractivity contribution is 7.17. The maximum Gasteiger partial charge on any atom is 0.573 e. The Morgan fingerprint density at radius 1 is 1.06 bits per heavy atom. The van der Waals surface area contributed by atoms with Gasteiger partial charge >= 0.3 is 12.3 Å². The minimum atomic E-state index is -4.81. The first kappa shape index (κ1) is 28.8. The molecule has 2 aromatic carbocycles. The number of amides is 1. The minimum Gasteiger partial charge on any atom is -0.477 e. The number of aryl methyl sites for hydroxylation is 1. The number of thiazole rings is 1. The van der Waals surface area contributed by atoms with E-state index in [-0.39, 0.29) is 21.3 Å². The van der Waals surface area contributed by atoms with E-state index in [1.807, 2.05) is 0 Å². The first-order valence-corrected chi connectivity index (χ1v) is 12.0. The highest BCUT2D eigenvalue weighted by Crippen LogP contribution is 2.25. The van der Waals surface area contributed by atoms with E-state index in [1.54, 1.807) is 0 Å². The quantitative estimate of drug-likeness (QED) is 0.271. The molecule has 1 heterocycles. The van der Waals surface area contributed by atoms with Crippen LogP contribution in [0, 0.1) is 6.92 Å². The summed E-state index contributed by atoms with van der Waals surface area (Å²) in [5, 5.41) is 14.8. The fourth-order valence-corrected chi connectivity index (χ4v) is 3.75. The topological polar surface area (TPSA) is 101 Å². The van der Waals surface area contributed by atoms with Gasteiger partial charge in [-0.25, -0.2) is 9.78 Å². The average Bonchev–Trinajstić information content (AvgIpc) is 3.19. The minimum absolute atomic E-state index is 0.00535. The maximum absolute atomic E-state index is 12.0. The molecule has 1 aromatic heterocycles. The van der Waals surface area contributed by atoms with Gasteiger partial charge in [0.2, 0.25) is 0 Å². The third-order valence-electron chi connectivity index (χ3n) is 4.69. The normalized spacial score (nSPS) is 10.8. The van der Waals surface area contributed by atoms with E-state index >= 15 is 0 Å². The lowest BCUT2D eigenvalue weighted by Gasteiger charge is -2.09. The van der Waals surface area contributed by atoms with Crippen molar-refractivity contribution in [2.45, 2.75) is 46.0 Å². The third-order valence-corrected chi connectivity index (χ3v) is 5.75. The fraction of sp³-hybridized carbons (Fsp3) is 0.320. The summed E-state index contributed by atoms with van der Waals surface area (Å²) in [5.41, 5.74) is 1.70. The van der Waals surface area contributed by atoms with Crippen molar-refractivity contribution in [2.75, 3.05) is 11.9 Å². The molecule has 36 heavy (non-hydrogen) atoms. The molecule has 3 rings (SSSR count). The number of anilines is 1. The smallest absolute Gasteiger partial charge is 0.477 e. The van der Waals surface area contributed by atoms with Crippen molar-refractivity contribution in [3.05, 3.63) is 76.3 Å². The number of carboxylic acids is 1. The van der Waals surface area contributed by atoms with Crippen molar-refractivity contribution in [2.24, 2.45) is 0 Å². The number of benzene rings is 2. The van der Waals surface area contributed by atoms with Crippen LogP contribution in [0.3, 0.4) is 0 Å². The predicted molar refractivity (Wildman–Crippen MR) is 133 cm³/mol. The number of hydrogen-bond donors (Lipinski definition) is 3. The van der Waals surface area contributed by atoms with Gasteiger partial charge in [0.05, 0.1) is 5.69 Å². The van der Waals surface area contributed by atoms with Gasteiger partial charge in [0.25, 0.3) is 5.91 Å². The number of alkyl halides is 3. The number of carbonyl (C=O) groups is 2. The number of unbranched alkanes of at least 4 members (excludes halogenated alkanes) is 2. The molecule has 0 saturated heterocycles. The van der Waals surface area contributed by atoms with E-state index in [0.717, 1.165) is 48.7 Å². The Kier molecular flexibility index (Phi) is 11.4. The lowest BCUT2D eigenvalue weighted by atomic mass is 10.2. The number of nitrogens with zero attached hydrogens (tertiary/aromatic N) is 1. The standard InChI is InChI=1S/C13H9F3N2O4S.C12H19N/c1-6-9(11(20)21)23-12(17-6)18-10(19)7-2-4-8(5-3-7)22-13(14,15)16;1-2-3-7-10-13-11-12-8-5-4-6-9-12/h2-5H,1H3,(H,20,21)(H,17,18,19);4-6,8-9,13H,2-3,7,10-11H2,1H3. The van der Waals surface area contributed by atoms with Gasteiger partial charge in [-0.3, -0.25) is 10.1 Å². The van der Waals surface area contributed by atoms with Gasteiger partial charge in [0.15, 0.2) is 5.13 Å². The van der Waals surface area contributed by atoms with Crippen LogP contribution in [-0.4, -0.2) is 34.9 Å². The summed E-state index contributed by atoms with van der Waals surface area (Å²) in [5.74, 6) is -2.24. The van der Waals surface area contributed by atoms with Gasteiger partial charge in [-0.2, -0.15) is 0 Å². The molecule has 3 N–H and O–H groups in total. The van der Waals surface area contributed by atoms with Gasteiger partial charge in [-0.15, -0.1) is 13.2 Å². The first-order valence-electron chi connectivity index (χ1n) is 11.2. The number of aromatic nitrogens is 1. The average molecular weight is 524 g/mol. The molecule has 0 radical (unpaired) electrons. The van der Waals surface area contributed by atoms with E-state index in [2.05, 4.69) is 57.6 Å². The number of ether oxygens (including phenoxy) is 1. The van der Waals surface area contributed by atoms with E-state index in [0.29, 0.717) is 0 Å². The van der Waals surface area contributed by atoms with Crippen LogP contribution in [0.25, 0.3) is 0 Å². The van der Waals surface area contributed by atoms with Crippen LogP contribution in [0.5, 0.6) is 5.75 Å². The molecule has 0 fully saturated rings. The van der Waals surface area contributed by atoms with Crippen molar-refractivity contribution in [1.29, 1.82) is 0 Å². The van der Waals surface area contributed by atoms with Gasteiger partial charge in [0, 0.05) is 12.1 Å². The fourth-order valence-electron chi connectivity index (χ4n) is 2.95. The lowest BCUT2D eigenvalue weighted by molar-refractivity contribution is -0.274. The molecule has 11 heteroatoms. The summed E-state index contributed by atoms with van der Waals surface area (Å²) in [6.45, 7) is 5.86. The van der Waals surface area contributed by atoms with Crippen LogP contribution in [0.15, 0.2) is 54.6 Å². The molecule has 3 aromatic rings. The predicted octanol–water partition coefficient (Wildman–Crippen LogP) is 6.27. The number of hydrogen-bond acceptors (Lipinski definition) is 6. The van der Waals surface area contributed by atoms with E-state index < -0.39 is 24.0 Å². The van der Waals surface area contributed by atoms with Gasteiger partial charge in [-0.1, -0.05) is 61.4 Å². The van der Waals surface area contributed by atoms with Gasteiger partial charge in [0.1, 0.15) is 10.6 Å². The molecule has 0 atom stereocenters. The molecule has 0 aliphatic heterocycles. The second-order valence-electron chi connectivity index (χ2n) is 7.63. The summed E-state index contributed by atoms with van der Waals surface area (Å²) in [7, 11) is 0. The molecular formula is C25H28F3N3O4S. The van der Waals surface area contributed by atoms with Crippen LogP contribution in [0.2, 0.25) is 0 Å². The van der Waals surface area contributed by atoms with Crippen molar-refractivity contribution >= 4 is 28.3 Å². The molecule has 7 nitrogen and oxygen atoms in total. The van der Waals surface area contributed by atoms with Crippen LogP contribution < -0.4 is 15.4 Å². The Morgan fingerprint density at radius 3 is 2.28 bits per heavy atom. The summed E-state index contributed by atoms with van der Waals surface area (Å²) in [6.07, 6.45) is -0.881. The Bertz CT molecular complexity index is 1100. The third kappa shape index (κ3) is 10.4. The molecule has 0 spiro atoms. The van der Waals surface area contributed by atoms with Crippen LogP contribution in [-0.2, 0) is 6.54 Å². The van der Waals surface area contributed by atoms with Gasteiger partial charge in [-0.05, 0) is 49.7 Å². The first-order chi connectivity index (χ1) is 17.1. The van der Waals surface area contributed by atoms with Gasteiger partial charge < -0.3 is 15.2 Å². The lowest BCUT2D eigenvalue weighted by Crippen LogP contribution is -2.17. The monoisotopic (exact) mass is 523 g/mol. The number of rotatable bonds is 10. The zero-order chi connectivity index (χ0) is 26.6. The van der Waals surface area contributed by atoms with Crippen molar-refractivity contribution < 1.29 is 32.6 Å². The number of carbonyl (C=O) groups excluding carboxylic acids is 1. The second kappa shape index (κ2) is 14.2. The van der Waals surface area contributed by atoms with E-state index in [9.17, 15) is 22.8 Å². The van der Waals surface area contributed by atoms with E-state index in [1.165, 1.54) is 31.7 Å². The summed E-state index contributed by atoms with van der Waals surface area (Å²) in [6, 6.07) is 14.8. The van der Waals surface area contributed by atoms with Crippen LogP contribution >= 0.6 is 11.3 Å². The number of carboxylic acid groups (broad SMARTS) is 1. The second-order valence-corrected chi connectivity index (χ2v) is 8.63. The molecule has 194 valence electrons. The Hall–Kier alpha value is -3.44. The number of halogens is 3. The maximum atomic E-state index is 12.0. The van der Waals surface area contributed by atoms with Crippen LogP contribution in [0.4, 0.5) is 18.3 Å². The highest BCUT2D eigenvalue weighted by atomic mass is 32.1. The SMILES string of the molecule is CCCCCNCc1ccccc1.Cc1nc(NC(=O)c2ccc(OC(F)(F)F)cc2)sc1C(=O)O. The summed E-state index contributed by atoms with van der Waals surface area (Å²) < 4.78 is 39.8. The number of aromatic carboxylic acids is 1. The van der Waals surface area contributed by atoms with Crippen molar-refractivity contribution in [1.82, 2.24) is 10.3 Å². The molecule has 0 saturated carbocycles. The molecular weight excluding hydrogens is 495 g/mol. The van der Waals surface area contributed by atoms with E-state index in [4.69, 9.17) is 5.11 Å². The molecule has 0 aliphatic carbocycles. The molecule has 1 amide bonds. The Morgan fingerprint density at radius 2 is 1.72 bits per heavy atom. The largest absolute Gasteiger partial charge is 0.573 e. The zero-order valence-electron chi connectivity index (χ0n) is 19.9.